The van der Waals surface area contributed by atoms with Crippen LogP contribution in [0.2, 0.25) is 0 Å². The number of H-pyrrole nitrogens is 1. The number of nitrogens with zero attached hydrogens (tertiary/aromatic N) is 1. The molecule has 0 aliphatic heterocycles. The largest absolute Gasteiger partial charge is 0.397 e. The molecule has 1 amide bonds. The number of aromatic amines is 1. The number of hydrogen-bond donors (Lipinski definition) is 3. The van der Waals surface area contributed by atoms with Gasteiger partial charge in [-0.15, -0.1) is 11.3 Å². The monoisotopic (exact) mass is 236 g/mol. The highest BCUT2D eigenvalue weighted by Gasteiger charge is 2.11. The van der Waals surface area contributed by atoms with Gasteiger partial charge in [0.25, 0.3) is 11.5 Å². The van der Waals surface area contributed by atoms with E-state index in [4.69, 9.17) is 5.73 Å². The molecule has 2 aromatic rings. The zero-order valence-corrected chi connectivity index (χ0v) is 8.88. The summed E-state index contributed by atoms with van der Waals surface area (Å²) >= 11 is 1.24. The van der Waals surface area contributed by atoms with E-state index in [9.17, 15) is 9.59 Å². The minimum Gasteiger partial charge on any atom is -0.397 e. The molecule has 0 aliphatic rings. The molecule has 2 aromatic heterocycles. The van der Waals surface area contributed by atoms with Crippen molar-refractivity contribution < 1.29 is 4.79 Å². The van der Waals surface area contributed by atoms with Gasteiger partial charge in [-0.05, 0) is 17.5 Å². The maximum Gasteiger partial charge on any atom is 0.269 e. The zero-order chi connectivity index (χ0) is 11.5. The van der Waals surface area contributed by atoms with Crippen molar-refractivity contribution in [1.29, 1.82) is 0 Å². The highest BCUT2D eigenvalue weighted by Crippen LogP contribution is 2.19. The van der Waals surface area contributed by atoms with Gasteiger partial charge in [0.1, 0.15) is 4.88 Å². The Balaban J connectivity index is 2.17. The van der Waals surface area contributed by atoms with Crippen LogP contribution in [0.15, 0.2) is 28.4 Å². The summed E-state index contributed by atoms with van der Waals surface area (Å²) in [7, 11) is 0. The molecule has 0 aromatic carbocycles. The first-order chi connectivity index (χ1) is 7.66. The maximum atomic E-state index is 11.7. The second kappa shape index (κ2) is 4.15. The molecule has 7 heteroatoms. The number of nitrogens with one attached hydrogen (secondary N) is 2. The van der Waals surface area contributed by atoms with E-state index in [1.807, 2.05) is 0 Å². The quantitative estimate of drug-likeness (QED) is 0.713. The van der Waals surface area contributed by atoms with Crippen LogP contribution in [0.25, 0.3) is 0 Å². The van der Waals surface area contributed by atoms with E-state index >= 15 is 0 Å². The molecule has 2 heterocycles. The minimum absolute atomic E-state index is 0.275. The minimum atomic E-state index is -0.341. The molecule has 0 atom stereocenters. The Hall–Kier alpha value is -2.15. The van der Waals surface area contributed by atoms with Crippen molar-refractivity contribution >= 4 is 28.7 Å². The number of hydrogen-bond acceptors (Lipinski definition) is 5. The van der Waals surface area contributed by atoms with Crippen molar-refractivity contribution in [3.63, 3.8) is 0 Å². The number of carbonyl (C=O) groups is 1. The summed E-state index contributed by atoms with van der Waals surface area (Å²) in [5.41, 5.74) is 5.69. The lowest BCUT2D eigenvalue weighted by Crippen LogP contribution is -2.15. The third kappa shape index (κ3) is 2.09. The normalized spacial score (nSPS) is 10.0. The van der Waals surface area contributed by atoms with Crippen LogP contribution in [0.5, 0.6) is 0 Å². The van der Waals surface area contributed by atoms with Crippen LogP contribution in [0, 0.1) is 0 Å². The van der Waals surface area contributed by atoms with Gasteiger partial charge in [-0.3, -0.25) is 9.59 Å². The third-order valence-corrected chi connectivity index (χ3v) is 2.75. The van der Waals surface area contributed by atoms with Crippen LogP contribution >= 0.6 is 11.3 Å². The van der Waals surface area contributed by atoms with Crippen molar-refractivity contribution in [2.24, 2.45) is 0 Å². The Labute approximate surface area is 94.1 Å². The topological polar surface area (TPSA) is 101 Å². The first kappa shape index (κ1) is 10.4. The van der Waals surface area contributed by atoms with Crippen molar-refractivity contribution in [1.82, 2.24) is 10.2 Å². The summed E-state index contributed by atoms with van der Waals surface area (Å²) in [6.07, 6.45) is 0. The molecule has 4 N–H and O–H groups in total. The number of rotatable bonds is 2. The maximum absolute atomic E-state index is 11.7. The first-order valence-electron chi connectivity index (χ1n) is 4.37. The predicted molar refractivity (Wildman–Crippen MR) is 61.5 cm³/mol. The van der Waals surface area contributed by atoms with Gasteiger partial charge >= 0.3 is 0 Å². The number of nitrogens with two attached hydrogens (primary N) is 1. The lowest BCUT2D eigenvalue weighted by molar-refractivity contribution is 0.103. The molecule has 0 spiro atoms. The molecular weight excluding hydrogens is 228 g/mol. The number of anilines is 2. The van der Waals surface area contributed by atoms with E-state index in [1.165, 1.54) is 23.5 Å². The van der Waals surface area contributed by atoms with Gasteiger partial charge < -0.3 is 11.1 Å². The average Bonchev–Trinajstić information content (AvgIpc) is 2.68. The van der Waals surface area contributed by atoms with E-state index in [2.05, 4.69) is 15.5 Å². The molecule has 0 saturated heterocycles. The zero-order valence-electron chi connectivity index (χ0n) is 8.06. The fourth-order valence-electron chi connectivity index (χ4n) is 1.09. The molecule has 0 fully saturated rings. The Morgan fingerprint density at radius 3 is 2.81 bits per heavy atom. The lowest BCUT2D eigenvalue weighted by atomic mass is 10.4. The lowest BCUT2D eigenvalue weighted by Gasteiger charge is -2.01. The summed E-state index contributed by atoms with van der Waals surface area (Å²) < 4.78 is 0. The van der Waals surface area contributed by atoms with Gasteiger partial charge in [0.05, 0.1) is 5.69 Å². The van der Waals surface area contributed by atoms with E-state index in [0.29, 0.717) is 10.6 Å². The van der Waals surface area contributed by atoms with Crippen molar-refractivity contribution in [2.45, 2.75) is 0 Å². The SMILES string of the molecule is Nc1ccsc1C(=O)Nc1ccc(=O)[nH]n1. The number of amides is 1. The van der Waals surface area contributed by atoms with Gasteiger partial charge in [-0.1, -0.05) is 0 Å². The van der Waals surface area contributed by atoms with Crippen molar-refractivity contribution in [3.05, 3.63) is 38.8 Å². The second-order valence-corrected chi connectivity index (χ2v) is 3.88. The van der Waals surface area contributed by atoms with E-state index < -0.39 is 0 Å². The highest BCUT2D eigenvalue weighted by atomic mass is 32.1. The standard InChI is InChI=1S/C9H8N4O2S/c10-5-3-4-16-8(5)9(15)11-6-1-2-7(14)13-12-6/h1-4H,10H2,(H,13,14)(H,11,12,15). The number of aromatic nitrogens is 2. The Bertz CT molecular complexity index is 554. The molecule has 0 radical (unpaired) electrons. The molecule has 16 heavy (non-hydrogen) atoms. The fraction of sp³-hybridized carbons (Fsp3) is 0. The molecule has 0 saturated carbocycles. The molecule has 0 bridgehead atoms. The van der Waals surface area contributed by atoms with E-state index in [1.54, 1.807) is 11.4 Å². The second-order valence-electron chi connectivity index (χ2n) is 2.97. The third-order valence-electron chi connectivity index (χ3n) is 1.82. The van der Waals surface area contributed by atoms with Crippen LogP contribution in [0.3, 0.4) is 0 Å². The van der Waals surface area contributed by atoms with Gasteiger partial charge in [-0.2, -0.15) is 5.10 Å². The summed E-state index contributed by atoms with van der Waals surface area (Å²) in [4.78, 5) is 22.8. The van der Waals surface area contributed by atoms with Crippen LogP contribution in [-0.2, 0) is 0 Å². The van der Waals surface area contributed by atoms with Crippen molar-refractivity contribution in [3.8, 4) is 0 Å². The molecule has 6 nitrogen and oxygen atoms in total. The highest BCUT2D eigenvalue weighted by molar-refractivity contribution is 7.12. The Morgan fingerprint density at radius 2 is 2.25 bits per heavy atom. The molecular formula is C9H8N4O2S. The molecule has 0 aliphatic carbocycles. The van der Waals surface area contributed by atoms with Crippen LogP contribution in [0.1, 0.15) is 9.67 Å². The Morgan fingerprint density at radius 1 is 1.44 bits per heavy atom. The number of carbonyl (C=O) groups excluding carboxylic acids is 1. The van der Waals surface area contributed by atoms with Crippen LogP contribution < -0.4 is 16.6 Å². The Kier molecular flexibility index (Phi) is 2.69. The van der Waals surface area contributed by atoms with Crippen LogP contribution in [0.4, 0.5) is 11.5 Å². The van der Waals surface area contributed by atoms with Crippen molar-refractivity contribution in [2.75, 3.05) is 11.1 Å². The number of thiophene rings is 1. The smallest absolute Gasteiger partial charge is 0.269 e. The molecule has 2 rings (SSSR count). The van der Waals surface area contributed by atoms with E-state index in [0.717, 1.165) is 0 Å². The van der Waals surface area contributed by atoms with Gasteiger partial charge in [-0.25, -0.2) is 5.10 Å². The summed E-state index contributed by atoms with van der Waals surface area (Å²) in [6.45, 7) is 0. The first-order valence-corrected chi connectivity index (χ1v) is 5.25. The molecule has 0 unspecified atom stereocenters. The number of nitrogen functional groups attached to an aromatic ring is 1. The van der Waals surface area contributed by atoms with Gasteiger partial charge in [0.2, 0.25) is 0 Å². The summed E-state index contributed by atoms with van der Waals surface area (Å²) in [6, 6.07) is 4.35. The van der Waals surface area contributed by atoms with Gasteiger partial charge in [0.15, 0.2) is 5.82 Å². The van der Waals surface area contributed by atoms with Gasteiger partial charge in [0, 0.05) is 6.07 Å². The fourth-order valence-corrected chi connectivity index (χ4v) is 1.80. The average molecular weight is 236 g/mol. The predicted octanol–water partition coefficient (Wildman–Crippen LogP) is 0.666. The summed E-state index contributed by atoms with van der Waals surface area (Å²) in [5, 5.41) is 10.1. The van der Waals surface area contributed by atoms with E-state index in [-0.39, 0.29) is 17.3 Å². The van der Waals surface area contributed by atoms with Crippen LogP contribution in [-0.4, -0.2) is 16.1 Å². The summed E-state index contributed by atoms with van der Waals surface area (Å²) in [5.74, 6) is -0.0653. The molecule has 82 valence electrons.